The van der Waals surface area contributed by atoms with Gasteiger partial charge < -0.3 is 4.57 Å². The Labute approximate surface area is 167 Å². The summed E-state index contributed by atoms with van der Waals surface area (Å²) in [6, 6.07) is 24.0. The molecule has 0 saturated heterocycles. The molecule has 1 nitrogen and oxygen atoms in total. The van der Waals surface area contributed by atoms with Gasteiger partial charge in [-0.25, -0.2) is 0 Å². The third kappa shape index (κ3) is 2.67. The summed E-state index contributed by atoms with van der Waals surface area (Å²) in [5.74, 6) is 0.554. The van der Waals surface area contributed by atoms with Crippen LogP contribution in [0.2, 0.25) is 0 Å². The Morgan fingerprint density at radius 3 is 2.59 bits per heavy atom. The van der Waals surface area contributed by atoms with Crippen molar-refractivity contribution in [1.82, 2.24) is 4.57 Å². The number of fused-ring (bicyclic) bond motifs is 3. The summed E-state index contributed by atoms with van der Waals surface area (Å²) in [5, 5.41) is 2.57. The first-order valence-electron chi connectivity index (χ1n) is 9.39. The lowest BCUT2D eigenvalue weighted by atomic mass is 9.87. The number of aromatic nitrogens is 1. The molecule has 0 aliphatic heterocycles. The van der Waals surface area contributed by atoms with Gasteiger partial charge in [-0.3, -0.25) is 0 Å². The lowest BCUT2D eigenvalue weighted by Crippen LogP contribution is -2.00. The van der Waals surface area contributed by atoms with Gasteiger partial charge in [0.25, 0.3) is 0 Å². The normalized spacial score (nSPS) is 16.8. The molecule has 27 heavy (non-hydrogen) atoms. The fourth-order valence-corrected chi connectivity index (χ4v) is 4.76. The van der Waals surface area contributed by atoms with E-state index in [-0.39, 0.29) is 0 Å². The van der Waals surface area contributed by atoms with E-state index in [0.29, 0.717) is 5.92 Å². The van der Waals surface area contributed by atoms with Crippen LogP contribution < -0.4 is 0 Å². The predicted octanol–water partition coefficient (Wildman–Crippen LogP) is 7.53. The molecule has 5 rings (SSSR count). The van der Waals surface area contributed by atoms with E-state index in [9.17, 15) is 0 Å². The minimum Gasteiger partial charge on any atom is -0.309 e. The van der Waals surface area contributed by atoms with E-state index in [1.165, 1.54) is 38.6 Å². The van der Waals surface area contributed by atoms with E-state index < -0.39 is 0 Å². The van der Waals surface area contributed by atoms with E-state index in [2.05, 4.69) is 112 Å². The highest BCUT2D eigenvalue weighted by Gasteiger charge is 2.17. The molecule has 1 atom stereocenters. The lowest BCUT2D eigenvalue weighted by molar-refractivity contribution is 0.759. The molecule has 0 amide bonds. The minimum atomic E-state index is 0.554. The third-order valence-electron chi connectivity index (χ3n) is 5.52. The second-order valence-electron chi connectivity index (χ2n) is 7.22. The van der Waals surface area contributed by atoms with Crippen molar-refractivity contribution in [3.8, 4) is 5.69 Å². The highest BCUT2D eigenvalue weighted by molar-refractivity contribution is 9.10. The lowest BCUT2D eigenvalue weighted by Gasteiger charge is -2.17. The van der Waals surface area contributed by atoms with Crippen molar-refractivity contribution in [2.75, 3.05) is 0 Å². The quantitative estimate of drug-likeness (QED) is 0.320. The van der Waals surface area contributed by atoms with Crippen LogP contribution in [-0.4, -0.2) is 4.57 Å². The Hall–Kier alpha value is -2.58. The van der Waals surface area contributed by atoms with Gasteiger partial charge in [-0.1, -0.05) is 71.4 Å². The van der Waals surface area contributed by atoms with Gasteiger partial charge in [0.1, 0.15) is 0 Å². The van der Waals surface area contributed by atoms with E-state index in [0.717, 1.165) is 10.9 Å². The van der Waals surface area contributed by atoms with Gasteiger partial charge in [0.15, 0.2) is 0 Å². The fraction of sp³-hybridized carbons (Fsp3) is 0.120. The molecule has 0 spiro atoms. The molecule has 1 heterocycles. The molecule has 0 bridgehead atoms. The maximum absolute atomic E-state index is 3.80. The standard InChI is InChI=1S/C25H20BrN/c1-17-8-5-6-11-20(17)18-14-15-23-21(16-18)25-22(26)12-7-13-24(25)27(23)19-9-3-2-4-10-19/h2-7,9-17H,8H2,1H3. The number of para-hydroxylation sites is 1. The van der Waals surface area contributed by atoms with Crippen LogP contribution in [0.5, 0.6) is 0 Å². The van der Waals surface area contributed by atoms with Gasteiger partial charge >= 0.3 is 0 Å². The zero-order valence-corrected chi connectivity index (χ0v) is 16.8. The fourth-order valence-electron chi connectivity index (χ4n) is 4.19. The van der Waals surface area contributed by atoms with Crippen molar-refractivity contribution >= 4 is 43.3 Å². The van der Waals surface area contributed by atoms with Crippen molar-refractivity contribution in [2.45, 2.75) is 13.3 Å². The third-order valence-corrected chi connectivity index (χ3v) is 6.18. The molecule has 1 unspecified atom stereocenters. The molecule has 1 aliphatic carbocycles. The molecule has 132 valence electrons. The first kappa shape index (κ1) is 16.6. The van der Waals surface area contributed by atoms with Gasteiger partial charge in [0.05, 0.1) is 11.0 Å². The van der Waals surface area contributed by atoms with Crippen LogP contribution in [0.15, 0.2) is 89.4 Å². The van der Waals surface area contributed by atoms with Crippen LogP contribution in [-0.2, 0) is 0 Å². The van der Waals surface area contributed by atoms with Crippen LogP contribution in [0.3, 0.4) is 0 Å². The second kappa shape index (κ2) is 6.54. The molecule has 0 fully saturated rings. The number of benzene rings is 3. The van der Waals surface area contributed by atoms with Crippen molar-refractivity contribution < 1.29 is 0 Å². The first-order chi connectivity index (χ1) is 13.2. The molecule has 1 aliphatic rings. The number of rotatable bonds is 2. The predicted molar refractivity (Wildman–Crippen MR) is 119 cm³/mol. The van der Waals surface area contributed by atoms with E-state index in [4.69, 9.17) is 0 Å². The maximum Gasteiger partial charge on any atom is 0.0552 e. The monoisotopic (exact) mass is 413 g/mol. The van der Waals surface area contributed by atoms with E-state index >= 15 is 0 Å². The second-order valence-corrected chi connectivity index (χ2v) is 8.08. The molecule has 0 radical (unpaired) electrons. The summed E-state index contributed by atoms with van der Waals surface area (Å²) >= 11 is 3.80. The number of nitrogens with zero attached hydrogens (tertiary/aromatic N) is 1. The van der Waals surface area contributed by atoms with Gasteiger partial charge in [0, 0.05) is 20.9 Å². The molecule has 0 N–H and O–H groups in total. The zero-order chi connectivity index (χ0) is 18.4. The molecule has 4 aromatic rings. The molecule has 3 aromatic carbocycles. The number of hydrogen-bond donors (Lipinski definition) is 0. The topological polar surface area (TPSA) is 4.93 Å². The number of allylic oxidation sites excluding steroid dienone is 4. The van der Waals surface area contributed by atoms with Gasteiger partial charge in [-0.2, -0.15) is 0 Å². The average Bonchev–Trinajstić information content (AvgIpc) is 3.04. The smallest absolute Gasteiger partial charge is 0.0552 e. The summed E-state index contributed by atoms with van der Waals surface area (Å²) in [6.07, 6.45) is 7.81. The largest absolute Gasteiger partial charge is 0.309 e. The maximum atomic E-state index is 3.80. The Morgan fingerprint density at radius 1 is 0.926 bits per heavy atom. The Balaban J connectivity index is 1.85. The van der Waals surface area contributed by atoms with Crippen LogP contribution in [0.4, 0.5) is 0 Å². The minimum absolute atomic E-state index is 0.554. The summed E-state index contributed by atoms with van der Waals surface area (Å²) in [7, 11) is 0. The Kier molecular flexibility index (Phi) is 4.02. The van der Waals surface area contributed by atoms with Crippen LogP contribution in [0.1, 0.15) is 18.9 Å². The van der Waals surface area contributed by atoms with E-state index in [1.54, 1.807) is 0 Å². The average molecular weight is 414 g/mol. The summed E-state index contributed by atoms with van der Waals surface area (Å²) in [4.78, 5) is 0. The van der Waals surface area contributed by atoms with Crippen LogP contribution >= 0.6 is 15.9 Å². The summed E-state index contributed by atoms with van der Waals surface area (Å²) in [5.41, 5.74) is 6.41. The summed E-state index contributed by atoms with van der Waals surface area (Å²) < 4.78 is 3.50. The van der Waals surface area contributed by atoms with Crippen LogP contribution in [0, 0.1) is 5.92 Å². The summed E-state index contributed by atoms with van der Waals surface area (Å²) in [6.45, 7) is 2.31. The molecular weight excluding hydrogens is 394 g/mol. The SMILES string of the molecule is CC1CC=CC=C1c1ccc2c(c1)c1c(Br)cccc1n2-c1ccccc1. The van der Waals surface area contributed by atoms with Crippen molar-refractivity contribution in [1.29, 1.82) is 0 Å². The first-order valence-corrected chi connectivity index (χ1v) is 10.2. The molecular formula is C25H20BrN. The number of halogens is 1. The van der Waals surface area contributed by atoms with Crippen LogP contribution in [0.25, 0.3) is 33.1 Å². The zero-order valence-electron chi connectivity index (χ0n) is 15.2. The Bertz CT molecular complexity index is 1210. The molecule has 1 aromatic heterocycles. The molecule has 2 heteroatoms. The Morgan fingerprint density at radius 2 is 1.78 bits per heavy atom. The van der Waals surface area contributed by atoms with Crippen molar-refractivity contribution in [3.63, 3.8) is 0 Å². The highest BCUT2D eigenvalue weighted by atomic mass is 79.9. The van der Waals surface area contributed by atoms with Gasteiger partial charge in [-0.15, -0.1) is 0 Å². The van der Waals surface area contributed by atoms with Gasteiger partial charge in [0.2, 0.25) is 0 Å². The van der Waals surface area contributed by atoms with Gasteiger partial charge in [-0.05, 0) is 59.9 Å². The van der Waals surface area contributed by atoms with E-state index in [1.807, 2.05) is 0 Å². The van der Waals surface area contributed by atoms with Crippen molar-refractivity contribution in [2.24, 2.45) is 5.92 Å². The highest BCUT2D eigenvalue weighted by Crippen LogP contribution is 2.39. The molecule has 0 saturated carbocycles. The number of hydrogen-bond acceptors (Lipinski definition) is 0. The van der Waals surface area contributed by atoms with Crippen molar-refractivity contribution in [3.05, 3.63) is 95.0 Å².